The third-order valence-corrected chi connectivity index (χ3v) is 4.57. The van der Waals surface area contributed by atoms with Gasteiger partial charge in [-0.05, 0) is 32.4 Å². The summed E-state index contributed by atoms with van der Waals surface area (Å²) in [5, 5.41) is 11.8. The molecule has 0 fully saturated rings. The number of benzene rings is 1. The van der Waals surface area contributed by atoms with Crippen LogP contribution in [0, 0.1) is 10.1 Å². The van der Waals surface area contributed by atoms with E-state index in [1.54, 1.807) is 0 Å². The predicted molar refractivity (Wildman–Crippen MR) is 115 cm³/mol. The summed E-state index contributed by atoms with van der Waals surface area (Å²) >= 11 is 0. The van der Waals surface area contributed by atoms with Crippen molar-refractivity contribution in [2.45, 2.75) is 59.9 Å². The van der Waals surface area contributed by atoms with Crippen molar-refractivity contribution in [1.82, 2.24) is 4.57 Å². The van der Waals surface area contributed by atoms with Crippen LogP contribution in [0.1, 0.15) is 53.4 Å². The number of aryl methyl sites for hydroxylation is 1. The van der Waals surface area contributed by atoms with Gasteiger partial charge in [-0.2, -0.15) is 0 Å². The van der Waals surface area contributed by atoms with Gasteiger partial charge in [0.15, 0.2) is 5.75 Å². The van der Waals surface area contributed by atoms with E-state index in [9.17, 15) is 19.7 Å². The van der Waals surface area contributed by atoms with E-state index in [2.05, 4.69) is 6.92 Å². The molecule has 0 aliphatic heterocycles. The summed E-state index contributed by atoms with van der Waals surface area (Å²) in [4.78, 5) is 35.7. The van der Waals surface area contributed by atoms with Crippen molar-refractivity contribution in [3.63, 3.8) is 0 Å². The van der Waals surface area contributed by atoms with Gasteiger partial charge >= 0.3 is 5.97 Å². The second-order valence-corrected chi connectivity index (χ2v) is 7.32. The molecular formula is C22H28N2O6. The molecule has 2 aromatic rings. The van der Waals surface area contributed by atoms with Gasteiger partial charge in [-0.1, -0.05) is 31.8 Å². The molecule has 2 rings (SSSR count). The number of hydrogen-bond donors (Lipinski definition) is 0. The van der Waals surface area contributed by atoms with Crippen molar-refractivity contribution in [3.8, 4) is 11.5 Å². The first-order chi connectivity index (χ1) is 14.3. The number of pyridine rings is 1. The maximum atomic E-state index is 13.2. The number of carbonyl (C=O) groups is 1. The molecule has 0 saturated heterocycles. The van der Waals surface area contributed by atoms with Crippen LogP contribution < -0.4 is 15.0 Å². The number of ether oxygens (including phenoxy) is 2. The summed E-state index contributed by atoms with van der Waals surface area (Å²) < 4.78 is 12.5. The lowest BCUT2D eigenvalue weighted by atomic mass is 10.1. The molecule has 0 aliphatic rings. The zero-order valence-corrected chi connectivity index (χ0v) is 17.9. The number of non-ortho nitro benzene ring substituents is 1. The third-order valence-electron chi connectivity index (χ3n) is 4.57. The van der Waals surface area contributed by atoms with E-state index in [4.69, 9.17) is 9.47 Å². The molecule has 0 bridgehead atoms. The summed E-state index contributed by atoms with van der Waals surface area (Å²) in [5.74, 6) is -0.720. The molecule has 0 saturated carbocycles. The monoisotopic (exact) mass is 416 g/mol. The smallest absolute Gasteiger partial charge is 0.308 e. The minimum absolute atomic E-state index is 0.113. The van der Waals surface area contributed by atoms with E-state index in [0.29, 0.717) is 17.4 Å². The van der Waals surface area contributed by atoms with E-state index in [-0.39, 0.29) is 23.8 Å². The highest BCUT2D eigenvalue weighted by Gasteiger charge is 2.22. The van der Waals surface area contributed by atoms with Gasteiger partial charge in [0.1, 0.15) is 6.61 Å². The second-order valence-electron chi connectivity index (χ2n) is 7.32. The molecule has 0 radical (unpaired) electrons. The molecule has 0 spiro atoms. The van der Waals surface area contributed by atoms with E-state index in [0.717, 1.165) is 31.3 Å². The Balaban J connectivity index is 2.71. The Labute approximate surface area is 175 Å². The van der Waals surface area contributed by atoms with Crippen LogP contribution in [-0.4, -0.2) is 22.1 Å². The van der Waals surface area contributed by atoms with Gasteiger partial charge in [0.05, 0.1) is 10.4 Å². The van der Waals surface area contributed by atoms with Crippen LogP contribution in [0.2, 0.25) is 0 Å². The average molecular weight is 416 g/mol. The summed E-state index contributed by atoms with van der Waals surface area (Å²) in [6, 6.07) is 4.24. The topological polar surface area (TPSA) is 101 Å². The lowest BCUT2D eigenvalue weighted by Crippen LogP contribution is -2.25. The van der Waals surface area contributed by atoms with Crippen molar-refractivity contribution in [3.05, 3.63) is 50.3 Å². The Morgan fingerprint density at radius 1 is 1.17 bits per heavy atom. The Kier molecular flexibility index (Phi) is 8.15. The molecule has 1 aromatic carbocycles. The highest BCUT2D eigenvalue weighted by molar-refractivity contribution is 5.90. The highest BCUT2D eigenvalue weighted by atomic mass is 16.6. The minimum Gasteiger partial charge on any atom is -0.485 e. The summed E-state index contributed by atoms with van der Waals surface area (Å²) in [6.45, 7) is 7.65. The molecule has 1 aromatic heterocycles. The van der Waals surface area contributed by atoms with E-state index >= 15 is 0 Å². The fourth-order valence-corrected chi connectivity index (χ4v) is 3.09. The minimum atomic E-state index is -0.641. The normalized spacial score (nSPS) is 10.7. The summed E-state index contributed by atoms with van der Waals surface area (Å²) in [6.07, 6.45) is 5.53. The van der Waals surface area contributed by atoms with Crippen LogP contribution >= 0.6 is 0 Å². The number of unbranched alkanes of at least 4 members (excludes halogenated alkanes) is 3. The average Bonchev–Trinajstić information content (AvgIpc) is 2.68. The first-order valence-electron chi connectivity index (χ1n) is 10.1. The lowest BCUT2D eigenvalue weighted by molar-refractivity contribution is -0.384. The van der Waals surface area contributed by atoms with Gasteiger partial charge in [-0.25, -0.2) is 0 Å². The van der Waals surface area contributed by atoms with E-state index in [1.807, 2.05) is 19.9 Å². The Bertz CT molecular complexity index is 1020. The molecule has 8 nitrogen and oxygen atoms in total. The van der Waals surface area contributed by atoms with Crippen molar-refractivity contribution in [2.75, 3.05) is 6.61 Å². The Morgan fingerprint density at radius 2 is 1.90 bits per heavy atom. The summed E-state index contributed by atoms with van der Waals surface area (Å²) in [7, 11) is 0. The van der Waals surface area contributed by atoms with Crippen LogP contribution in [-0.2, 0) is 11.3 Å². The molecule has 0 atom stereocenters. The molecule has 30 heavy (non-hydrogen) atoms. The highest BCUT2D eigenvalue weighted by Crippen LogP contribution is 2.35. The largest absolute Gasteiger partial charge is 0.485 e. The van der Waals surface area contributed by atoms with Crippen molar-refractivity contribution < 1.29 is 19.2 Å². The number of esters is 1. The number of allylic oxidation sites excluding steroid dienone is 1. The maximum Gasteiger partial charge on any atom is 0.308 e. The van der Waals surface area contributed by atoms with Crippen molar-refractivity contribution >= 4 is 22.6 Å². The zero-order chi connectivity index (χ0) is 22.3. The number of nitro groups is 1. The lowest BCUT2D eigenvalue weighted by Gasteiger charge is -2.17. The van der Waals surface area contributed by atoms with E-state index < -0.39 is 16.5 Å². The number of hydrogen-bond acceptors (Lipinski definition) is 6. The zero-order valence-electron chi connectivity index (χ0n) is 17.9. The van der Waals surface area contributed by atoms with Crippen LogP contribution in [0.15, 0.2) is 34.6 Å². The van der Waals surface area contributed by atoms with Gasteiger partial charge in [-0.15, -0.1) is 0 Å². The van der Waals surface area contributed by atoms with Crippen molar-refractivity contribution in [1.29, 1.82) is 0 Å². The molecule has 0 aliphatic carbocycles. The third kappa shape index (κ3) is 5.68. The number of fused-ring (bicyclic) bond motifs is 1. The van der Waals surface area contributed by atoms with Crippen LogP contribution in [0.5, 0.6) is 11.5 Å². The van der Waals surface area contributed by atoms with Gasteiger partial charge in [0.25, 0.3) is 11.2 Å². The van der Waals surface area contributed by atoms with Crippen LogP contribution in [0.3, 0.4) is 0 Å². The molecule has 0 amide bonds. The maximum absolute atomic E-state index is 13.2. The fourth-order valence-electron chi connectivity index (χ4n) is 3.09. The fraction of sp³-hybridized carbons (Fsp3) is 0.455. The SMILES string of the molecule is CCCCCCn1c(=O)c(OC(C)=O)c(OCC=C(C)C)c2ccc([N+](=O)[O-])cc21. The van der Waals surface area contributed by atoms with Crippen LogP contribution in [0.4, 0.5) is 5.69 Å². The molecule has 162 valence electrons. The number of nitrogens with zero attached hydrogens (tertiary/aromatic N) is 2. The number of carbonyl (C=O) groups excluding carboxylic acids is 1. The number of aromatic nitrogens is 1. The quantitative estimate of drug-likeness (QED) is 0.182. The van der Waals surface area contributed by atoms with Crippen molar-refractivity contribution in [2.24, 2.45) is 0 Å². The summed E-state index contributed by atoms with van der Waals surface area (Å²) in [5.41, 5.74) is 0.739. The first kappa shape index (κ1) is 23.1. The number of nitro benzene ring substituents is 1. The van der Waals surface area contributed by atoms with Gasteiger partial charge in [0.2, 0.25) is 5.75 Å². The van der Waals surface area contributed by atoms with Gasteiger partial charge < -0.3 is 14.0 Å². The van der Waals surface area contributed by atoms with E-state index in [1.165, 1.54) is 29.7 Å². The number of rotatable bonds is 10. The Hall–Kier alpha value is -3.16. The molecule has 0 N–H and O–H groups in total. The standard InChI is InChI=1S/C22H28N2O6/c1-5-6-7-8-12-23-19-14-17(24(27)28)9-10-18(19)20(29-13-11-15(2)3)21(22(23)26)30-16(4)25/h9-11,14H,5-8,12-13H2,1-4H3. The van der Waals surface area contributed by atoms with Gasteiger partial charge in [-0.3, -0.25) is 19.7 Å². The van der Waals surface area contributed by atoms with Crippen LogP contribution in [0.25, 0.3) is 10.9 Å². The predicted octanol–water partition coefficient (Wildman–Crippen LogP) is 4.76. The molecule has 1 heterocycles. The van der Waals surface area contributed by atoms with Gasteiger partial charge in [0, 0.05) is 31.0 Å². The first-order valence-corrected chi connectivity index (χ1v) is 10.1. The second kappa shape index (κ2) is 10.6. The Morgan fingerprint density at radius 3 is 2.50 bits per heavy atom. The molecule has 8 heteroatoms. The molecular weight excluding hydrogens is 388 g/mol. The molecule has 0 unspecified atom stereocenters.